The first kappa shape index (κ1) is 24.2. The molecule has 1 aliphatic rings. The number of alkyl halides is 5. The van der Waals surface area contributed by atoms with E-state index in [4.69, 9.17) is 0 Å². The number of benzene rings is 1. The molecule has 3 aromatic rings. The van der Waals surface area contributed by atoms with Crippen LogP contribution in [0.4, 0.5) is 26.3 Å². The summed E-state index contributed by atoms with van der Waals surface area (Å²) in [6, 6.07) is 6.01. The molecule has 1 aromatic carbocycles. The first-order valence-corrected chi connectivity index (χ1v) is 11.2. The van der Waals surface area contributed by atoms with Crippen molar-refractivity contribution < 1.29 is 31.1 Å². The summed E-state index contributed by atoms with van der Waals surface area (Å²) in [4.78, 5) is 22.8. The highest BCUT2D eigenvalue weighted by Crippen LogP contribution is 2.39. The molecule has 0 bridgehead atoms. The van der Waals surface area contributed by atoms with Crippen molar-refractivity contribution in [3.05, 3.63) is 70.4 Å². The van der Waals surface area contributed by atoms with Crippen molar-refractivity contribution in [1.82, 2.24) is 14.9 Å². The number of carbonyl (C=O) groups excluding carboxylic acids is 1. The molecule has 0 aliphatic carbocycles. The molecule has 0 spiro atoms. The highest BCUT2D eigenvalue weighted by atomic mass is 32.1. The largest absolute Gasteiger partial charge is 0.417 e. The van der Waals surface area contributed by atoms with Crippen molar-refractivity contribution in [3.8, 4) is 10.4 Å². The second-order valence-corrected chi connectivity index (χ2v) is 9.22. The van der Waals surface area contributed by atoms with Gasteiger partial charge in [0.2, 0.25) is 0 Å². The van der Waals surface area contributed by atoms with Crippen LogP contribution in [0.1, 0.15) is 39.6 Å². The fraction of sp³-hybridized carbons (Fsp3) is 0.348. The van der Waals surface area contributed by atoms with Gasteiger partial charge in [-0.1, -0.05) is 12.1 Å². The number of hydrogen-bond donors (Lipinski definition) is 0. The van der Waals surface area contributed by atoms with E-state index in [1.54, 1.807) is 6.92 Å². The van der Waals surface area contributed by atoms with Crippen LogP contribution in [0.3, 0.4) is 0 Å². The Morgan fingerprint density at radius 2 is 1.88 bits per heavy atom. The van der Waals surface area contributed by atoms with Crippen LogP contribution in [-0.2, 0) is 12.6 Å². The maximum Gasteiger partial charge on any atom is 0.417 e. The van der Waals surface area contributed by atoms with Crippen molar-refractivity contribution in [1.29, 1.82) is 0 Å². The van der Waals surface area contributed by atoms with Crippen molar-refractivity contribution in [2.45, 2.75) is 44.3 Å². The Morgan fingerprint density at radius 3 is 2.50 bits per heavy atom. The number of aryl methyl sites for hydroxylation is 2. The summed E-state index contributed by atoms with van der Waals surface area (Å²) in [5.74, 6) is -4.27. The van der Waals surface area contributed by atoms with Crippen LogP contribution in [0.15, 0.2) is 42.6 Å². The molecule has 0 saturated carbocycles. The Bertz CT molecular complexity index is 1170. The number of nitrogens with zero attached hydrogens (tertiary/aromatic N) is 3. The Balaban J connectivity index is 1.56. The topological polar surface area (TPSA) is 46.1 Å². The third kappa shape index (κ3) is 4.94. The van der Waals surface area contributed by atoms with E-state index >= 15 is 0 Å². The average Bonchev–Trinajstić information content (AvgIpc) is 3.31. The summed E-state index contributed by atoms with van der Waals surface area (Å²) in [5, 5.41) is 0.555. The molecule has 1 atom stereocenters. The van der Waals surface area contributed by atoms with E-state index in [1.807, 2.05) is 0 Å². The minimum Gasteiger partial charge on any atom is -0.328 e. The van der Waals surface area contributed by atoms with Gasteiger partial charge in [0.1, 0.15) is 11.5 Å². The first-order valence-electron chi connectivity index (χ1n) is 10.4. The molecule has 1 fully saturated rings. The predicted molar refractivity (Wildman–Crippen MR) is 114 cm³/mol. The van der Waals surface area contributed by atoms with Gasteiger partial charge >= 0.3 is 6.18 Å². The van der Waals surface area contributed by atoms with Crippen molar-refractivity contribution in [3.63, 3.8) is 0 Å². The van der Waals surface area contributed by atoms with Crippen LogP contribution in [-0.4, -0.2) is 39.3 Å². The molecule has 2 aromatic heterocycles. The molecule has 1 aliphatic heterocycles. The van der Waals surface area contributed by atoms with Crippen LogP contribution in [0, 0.1) is 12.7 Å². The summed E-state index contributed by atoms with van der Waals surface area (Å²) in [6.45, 7) is 1.50. The number of carbonyl (C=O) groups is 1. The van der Waals surface area contributed by atoms with Crippen molar-refractivity contribution in [2.24, 2.45) is 0 Å². The van der Waals surface area contributed by atoms with Crippen LogP contribution in [0.25, 0.3) is 10.4 Å². The third-order valence-corrected chi connectivity index (χ3v) is 6.70. The van der Waals surface area contributed by atoms with Gasteiger partial charge < -0.3 is 4.90 Å². The average molecular weight is 499 g/mol. The Morgan fingerprint density at radius 1 is 1.18 bits per heavy atom. The summed E-state index contributed by atoms with van der Waals surface area (Å²) in [7, 11) is 0. The van der Waals surface area contributed by atoms with Crippen LogP contribution >= 0.6 is 11.3 Å². The molecule has 11 heteroatoms. The van der Waals surface area contributed by atoms with Crippen molar-refractivity contribution >= 4 is 17.2 Å². The quantitative estimate of drug-likeness (QED) is 0.396. The zero-order valence-corrected chi connectivity index (χ0v) is 18.7. The normalized spacial score (nSPS) is 17.9. The Labute approximate surface area is 195 Å². The van der Waals surface area contributed by atoms with Gasteiger partial charge in [-0.15, -0.1) is 11.3 Å². The van der Waals surface area contributed by atoms with Gasteiger partial charge in [-0.3, -0.25) is 9.78 Å². The van der Waals surface area contributed by atoms with Gasteiger partial charge in [0.05, 0.1) is 21.5 Å². The number of hydrogen-bond acceptors (Lipinski definition) is 4. The minimum atomic E-state index is -4.54. The molecule has 4 nitrogen and oxygen atoms in total. The van der Waals surface area contributed by atoms with E-state index in [9.17, 15) is 31.1 Å². The lowest BCUT2D eigenvalue weighted by Gasteiger charge is -2.27. The maximum atomic E-state index is 14.7. The summed E-state index contributed by atoms with van der Waals surface area (Å²) >= 11 is 1.20. The fourth-order valence-corrected chi connectivity index (χ4v) is 4.88. The monoisotopic (exact) mass is 499 g/mol. The standard InChI is InChI=1S/C23H19F6N3OS/c1-13-31-19(20(34-13)14-2-5-16(24)6-3-14)21(33)32-11-10-22(25,26)18(32)9-8-17-7-4-15(12-30-17)23(27,28)29/h2-7,12,18H,8-11H2,1H3/t18-/m1/s1. The second kappa shape index (κ2) is 9.01. The predicted octanol–water partition coefficient (Wildman–Crippen LogP) is 6.15. The molecule has 34 heavy (non-hydrogen) atoms. The number of thiazole rings is 1. The fourth-order valence-electron chi connectivity index (χ4n) is 3.96. The molecule has 0 unspecified atom stereocenters. The Kier molecular flexibility index (Phi) is 6.41. The molecule has 180 valence electrons. The molecule has 3 heterocycles. The van der Waals surface area contributed by atoms with Gasteiger partial charge in [-0.2, -0.15) is 13.2 Å². The summed E-state index contributed by atoms with van der Waals surface area (Å²) in [5.41, 5.74) is -0.137. The van der Waals surface area contributed by atoms with E-state index < -0.39 is 41.8 Å². The van der Waals surface area contributed by atoms with Gasteiger partial charge in [0, 0.05) is 24.9 Å². The molecule has 4 rings (SSSR count). The van der Waals surface area contributed by atoms with E-state index in [0.717, 1.165) is 17.0 Å². The zero-order valence-electron chi connectivity index (χ0n) is 17.9. The zero-order chi connectivity index (χ0) is 24.7. The van der Waals surface area contributed by atoms with Gasteiger partial charge in [-0.05, 0) is 49.6 Å². The molecular formula is C23H19F6N3OS. The number of likely N-dealkylation sites (tertiary alicyclic amines) is 1. The van der Waals surface area contributed by atoms with E-state index in [0.29, 0.717) is 21.6 Å². The number of amides is 1. The van der Waals surface area contributed by atoms with E-state index in [1.165, 1.54) is 35.6 Å². The van der Waals surface area contributed by atoms with Crippen LogP contribution in [0.2, 0.25) is 0 Å². The SMILES string of the molecule is Cc1nc(C(=O)N2CCC(F)(F)[C@H]2CCc2ccc(C(F)(F)F)cn2)c(-c2ccc(F)cc2)s1. The lowest BCUT2D eigenvalue weighted by Crippen LogP contribution is -2.43. The lowest BCUT2D eigenvalue weighted by molar-refractivity contribution is -0.137. The highest BCUT2D eigenvalue weighted by Gasteiger charge is 2.50. The third-order valence-electron chi connectivity index (χ3n) is 5.68. The maximum absolute atomic E-state index is 14.7. The van der Waals surface area contributed by atoms with Gasteiger partial charge in [0.15, 0.2) is 0 Å². The van der Waals surface area contributed by atoms with E-state index in [2.05, 4.69) is 9.97 Å². The summed E-state index contributed by atoms with van der Waals surface area (Å²) in [6.07, 6.45) is -4.60. The lowest BCUT2D eigenvalue weighted by atomic mass is 10.0. The smallest absolute Gasteiger partial charge is 0.328 e. The molecule has 1 saturated heterocycles. The highest BCUT2D eigenvalue weighted by molar-refractivity contribution is 7.15. The first-order chi connectivity index (χ1) is 16.0. The molecule has 0 radical (unpaired) electrons. The van der Waals surface area contributed by atoms with Crippen LogP contribution in [0.5, 0.6) is 0 Å². The minimum absolute atomic E-state index is 0.0180. The van der Waals surface area contributed by atoms with Crippen LogP contribution < -0.4 is 0 Å². The van der Waals surface area contributed by atoms with Crippen molar-refractivity contribution in [2.75, 3.05) is 6.54 Å². The number of rotatable bonds is 5. The number of pyridine rings is 1. The van der Waals surface area contributed by atoms with Gasteiger partial charge in [0.25, 0.3) is 11.8 Å². The molecular weight excluding hydrogens is 480 g/mol. The molecule has 1 amide bonds. The molecule has 0 N–H and O–H groups in total. The summed E-state index contributed by atoms with van der Waals surface area (Å²) < 4.78 is 80.9. The Hall–Kier alpha value is -2.95. The number of halogens is 6. The second-order valence-electron chi connectivity index (χ2n) is 8.02. The van der Waals surface area contributed by atoms with Gasteiger partial charge in [-0.25, -0.2) is 18.2 Å². The van der Waals surface area contributed by atoms with E-state index in [-0.39, 0.29) is 30.8 Å². The number of aromatic nitrogens is 2.